The van der Waals surface area contributed by atoms with Crippen LogP contribution in [0.25, 0.3) is 10.9 Å². The number of carbonyl (C=O) groups excluding carboxylic acids is 1. The number of fused-ring (bicyclic) bond motifs is 1. The van der Waals surface area contributed by atoms with Crippen LogP contribution in [0.2, 0.25) is 0 Å². The number of benzene rings is 1. The molecule has 3 aromatic rings. The Hall–Kier alpha value is -2.11. The van der Waals surface area contributed by atoms with Crippen LogP contribution in [0.5, 0.6) is 0 Å². The number of nitrogens with zero attached hydrogens (tertiary/aromatic N) is 1. The second-order valence-electron chi connectivity index (χ2n) is 5.48. The van der Waals surface area contributed by atoms with Gasteiger partial charge in [-0.2, -0.15) is 0 Å². The van der Waals surface area contributed by atoms with Gasteiger partial charge in [0.2, 0.25) is 0 Å². The summed E-state index contributed by atoms with van der Waals surface area (Å²) >= 11 is 1.71. The molecule has 0 saturated carbocycles. The number of thiophene rings is 1. The van der Waals surface area contributed by atoms with Crippen LogP contribution in [-0.4, -0.2) is 36.4 Å². The maximum Gasteiger partial charge on any atom is 0.267 e. The molecule has 0 spiro atoms. The van der Waals surface area contributed by atoms with E-state index in [-0.39, 0.29) is 11.9 Å². The van der Waals surface area contributed by atoms with Crippen LogP contribution >= 0.6 is 11.3 Å². The molecule has 0 fully saturated rings. The minimum Gasteiger partial charge on any atom is -0.351 e. The number of aromatic nitrogens is 1. The molecule has 1 unspecified atom stereocenters. The predicted octanol–water partition coefficient (Wildman–Crippen LogP) is 3.26. The first-order chi connectivity index (χ1) is 10.6. The van der Waals surface area contributed by atoms with E-state index >= 15 is 0 Å². The van der Waals surface area contributed by atoms with Crippen molar-refractivity contribution in [3.05, 3.63) is 58.4 Å². The summed E-state index contributed by atoms with van der Waals surface area (Å²) in [5.41, 5.74) is 1.58. The molecule has 0 radical (unpaired) electrons. The zero-order chi connectivity index (χ0) is 15.5. The molecule has 5 heteroatoms. The van der Waals surface area contributed by atoms with E-state index in [1.54, 1.807) is 11.3 Å². The first-order valence-corrected chi connectivity index (χ1v) is 8.09. The number of likely N-dealkylation sites (N-methyl/N-ethyl adjacent to an activating group) is 1. The van der Waals surface area contributed by atoms with E-state index in [0.717, 1.165) is 10.9 Å². The highest BCUT2D eigenvalue weighted by molar-refractivity contribution is 7.10. The number of carbonyl (C=O) groups is 1. The summed E-state index contributed by atoms with van der Waals surface area (Å²) in [6.45, 7) is 0.585. The highest BCUT2D eigenvalue weighted by Gasteiger charge is 2.17. The van der Waals surface area contributed by atoms with Crippen LogP contribution in [0.3, 0.4) is 0 Å². The van der Waals surface area contributed by atoms with Gasteiger partial charge >= 0.3 is 0 Å². The molecular weight excluding hydrogens is 294 g/mol. The number of aromatic amines is 1. The number of rotatable bonds is 5. The van der Waals surface area contributed by atoms with Crippen molar-refractivity contribution in [2.45, 2.75) is 6.04 Å². The van der Waals surface area contributed by atoms with E-state index < -0.39 is 0 Å². The summed E-state index contributed by atoms with van der Waals surface area (Å²) < 4.78 is 0. The third-order valence-corrected chi connectivity index (χ3v) is 4.70. The van der Waals surface area contributed by atoms with E-state index in [2.05, 4.69) is 26.6 Å². The number of hydrogen-bond donors (Lipinski definition) is 2. The van der Waals surface area contributed by atoms with Gasteiger partial charge in [0, 0.05) is 22.3 Å². The van der Waals surface area contributed by atoms with Gasteiger partial charge < -0.3 is 15.2 Å². The Labute approximate surface area is 133 Å². The summed E-state index contributed by atoms with van der Waals surface area (Å²) in [7, 11) is 4.05. The molecular formula is C17H19N3OS. The molecule has 4 nitrogen and oxygen atoms in total. The maximum atomic E-state index is 12.4. The Kier molecular flexibility index (Phi) is 4.27. The number of amides is 1. The molecule has 0 aliphatic rings. The molecule has 2 N–H and O–H groups in total. The Balaban J connectivity index is 1.71. The molecule has 0 saturated heterocycles. The van der Waals surface area contributed by atoms with E-state index in [1.165, 1.54) is 4.88 Å². The molecule has 1 aromatic carbocycles. The van der Waals surface area contributed by atoms with Crippen molar-refractivity contribution in [3.8, 4) is 0 Å². The van der Waals surface area contributed by atoms with Crippen LogP contribution in [-0.2, 0) is 0 Å². The summed E-state index contributed by atoms with van der Waals surface area (Å²) in [6.07, 6.45) is 0. The molecule has 0 bridgehead atoms. The lowest BCUT2D eigenvalue weighted by atomic mass is 10.2. The van der Waals surface area contributed by atoms with Crippen LogP contribution < -0.4 is 5.32 Å². The van der Waals surface area contributed by atoms with Crippen molar-refractivity contribution in [1.29, 1.82) is 0 Å². The molecule has 0 aliphatic carbocycles. The number of H-pyrrole nitrogens is 1. The van der Waals surface area contributed by atoms with Crippen LogP contribution in [0.15, 0.2) is 47.8 Å². The van der Waals surface area contributed by atoms with Gasteiger partial charge in [-0.15, -0.1) is 11.3 Å². The van der Waals surface area contributed by atoms with Gasteiger partial charge in [-0.1, -0.05) is 24.3 Å². The SMILES string of the molecule is CN(C)C(CNC(=O)c1cc2ccccc2[nH]1)c1cccs1. The quantitative estimate of drug-likeness (QED) is 0.759. The van der Waals surface area contributed by atoms with E-state index in [4.69, 9.17) is 0 Å². The van der Waals surface area contributed by atoms with Crippen molar-refractivity contribution >= 4 is 28.1 Å². The smallest absolute Gasteiger partial charge is 0.267 e. The number of para-hydroxylation sites is 1. The highest BCUT2D eigenvalue weighted by Crippen LogP contribution is 2.22. The minimum atomic E-state index is -0.0698. The average Bonchev–Trinajstić information content (AvgIpc) is 3.16. The standard InChI is InChI=1S/C17H19N3OS/c1-20(2)15(16-8-5-9-22-16)11-18-17(21)14-10-12-6-3-4-7-13(12)19-14/h3-10,15,19H,11H2,1-2H3,(H,18,21). The number of nitrogens with one attached hydrogen (secondary N) is 2. The van der Waals surface area contributed by atoms with Crippen LogP contribution in [0.1, 0.15) is 21.4 Å². The lowest BCUT2D eigenvalue weighted by Crippen LogP contribution is -2.34. The third kappa shape index (κ3) is 3.05. The van der Waals surface area contributed by atoms with Crippen molar-refractivity contribution in [2.75, 3.05) is 20.6 Å². The maximum absolute atomic E-state index is 12.4. The summed E-state index contributed by atoms with van der Waals surface area (Å²) in [5, 5.41) is 6.14. The third-order valence-electron chi connectivity index (χ3n) is 3.73. The van der Waals surface area contributed by atoms with E-state index in [1.807, 2.05) is 50.5 Å². The number of hydrogen-bond acceptors (Lipinski definition) is 3. The largest absolute Gasteiger partial charge is 0.351 e. The Morgan fingerprint density at radius 1 is 1.27 bits per heavy atom. The molecule has 22 heavy (non-hydrogen) atoms. The topological polar surface area (TPSA) is 48.1 Å². The monoisotopic (exact) mass is 313 g/mol. The van der Waals surface area contributed by atoms with Crippen LogP contribution in [0, 0.1) is 0 Å². The predicted molar refractivity (Wildman–Crippen MR) is 91.4 cm³/mol. The van der Waals surface area contributed by atoms with Crippen molar-refractivity contribution in [2.24, 2.45) is 0 Å². The first-order valence-electron chi connectivity index (χ1n) is 7.21. The molecule has 2 aromatic heterocycles. The van der Waals surface area contributed by atoms with Gasteiger partial charge in [-0.05, 0) is 37.7 Å². The fraction of sp³-hybridized carbons (Fsp3) is 0.235. The molecule has 3 rings (SSSR count). The minimum absolute atomic E-state index is 0.0698. The molecule has 0 aliphatic heterocycles. The fourth-order valence-corrected chi connectivity index (χ4v) is 3.42. The zero-order valence-electron chi connectivity index (χ0n) is 12.7. The summed E-state index contributed by atoms with van der Waals surface area (Å²) in [5.74, 6) is -0.0698. The second kappa shape index (κ2) is 6.34. The Bertz CT molecular complexity index is 728. The molecule has 1 atom stereocenters. The van der Waals surface area contributed by atoms with Crippen molar-refractivity contribution in [3.63, 3.8) is 0 Å². The van der Waals surface area contributed by atoms with Crippen molar-refractivity contribution in [1.82, 2.24) is 15.2 Å². The second-order valence-corrected chi connectivity index (χ2v) is 6.45. The van der Waals surface area contributed by atoms with Crippen molar-refractivity contribution < 1.29 is 4.79 Å². The molecule has 1 amide bonds. The fourth-order valence-electron chi connectivity index (χ4n) is 2.50. The van der Waals surface area contributed by atoms with E-state index in [0.29, 0.717) is 12.2 Å². The van der Waals surface area contributed by atoms with Gasteiger partial charge in [-0.25, -0.2) is 0 Å². The normalized spacial score (nSPS) is 12.7. The van der Waals surface area contributed by atoms with Gasteiger partial charge in [0.15, 0.2) is 0 Å². The summed E-state index contributed by atoms with van der Waals surface area (Å²) in [6, 6.07) is 14.1. The first kappa shape index (κ1) is 14.8. The lowest BCUT2D eigenvalue weighted by molar-refractivity contribution is 0.0938. The van der Waals surface area contributed by atoms with Gasteiger partial charge in [-0.3, -0.25) is 4.79 Å². The Morgan fingerprint density at radius 2 is 2.09 bits per heavy atom. The molecule has 114 valence electrons. The highest BCUT2D eigenvalue weighted by atomic mass is 32.1. The van der Waals surface area contributed by atoms with Gasteiger partial charge in [0.1, 0.15) is 5.69 Å². The lowest BCUT2D eigenvalue weighted by Gasteiger charge is -2.23. The van der Waals surface area contributed by atoms with Gasteiger partial charge in [0.05, 0.1) is 6.04 Å². The Morgan fingerprint density at radius 3 is 2.77 bits per heavy atom. The summed E-state index contributed by atoms with van der Waals surface area (Å²) in [4.78, 5) is 18.9. The van der Waals surface area contributed by atoms with Crippen LogP contribution in [0.4, 0.5) is 0 Å². The van der Waals surface area contributed by atoms with E-state index in [9.17, 15) is 4.79 Å². The molecule has 2 heterocycles. The van der Waals surface area contributed by atoms with Gasteiger partial charge in [0.25, 0.3) is 5.91 Å². The average molecular weight is 313 g/mol. The zero-order valence-corrected chi connectivity index (χ0v) is 13.5.